The van der Waals surface area contributed by atoms with Crippen LogP contribution in [0.4, 0.5) is 17.1 Å². The molecule has 0 aromatic heterocycles. The molecule has 1 N–H and O–H groups in total. The highest BCUT2D eigenvalue weighted by Crippen LogP contribution is 2.30. The molecule has 0 bridgehead atoms. The molecule has 1 aliphatic rings. The molecular weight excluding hydrogens is 334 g/mol. The van der Waals surface area contributed by atoms with Crippen LogP contribution in [0.25, 0.3) is 0 Å². The molecule has 0 spiro atoms. The molecule has 2 aromatic rings. The van der Waals surface area contributed by atoms with Crippen LogP contribution < -0.4 is 10.2 Å². The summed E-state index contributed by atoms with van der Waals surface area (Å²) < 4.78 is 0. The Balaban J connectivity index is 1.76. The lowest BCUT2D eigenvalue weighted by molar-refractivity contribution is -0.385. The van der Waals surface area contributed by atoms with Gasteiger partial charge >= 0.3 is 0 Å². The highest BCUT2D eigenvalue weighted by atomic mass is 16.6. The van der Waals surface area contributed by atoms with Crippen LogP contribution in [-0.2, 0) is 9.59 Å². The number of nitrogens with zero attached hydrogens (tertiary/aromatic N) is 2. The molecule has 1 fully saturated rings. The third kappa shape index (κ3) is 3.28. The van der Waals surface area contributed by atoms with E-state index in [0.29, 0.717) is 17.8 Å². The number of hydrogen-bond acceptors (Lipinski definition) is 4. The zero-order chi connectivity index (χ0) is 18.8. The van der Waals surface area contributed by atoms with Crippen LogP contribution in [0, 0.1) is 29.9 Å². The number of para-hydroxylation sites is 1. The second-order valence-corrected chi connectivity index (χ2v) is 6.39. The lowest BCUT2D eigenvalue weighted by atomic mass is 10.1. The number of nitro groups is 1. The first-order chi connectivity index (χ1) is 12.4. The van der Waals surface area contributed by atoms with Gasteiger partial charge in [0.2, 0.25) is 11.8 Å². The predicted molar refractivity (Wildman–Crippen MR) is 98.1 cm³/mol. The van der Waals surface area contributed by atoms with Crippen molar-refractivity contribution in [1.82, 2.24) is 0 Å². The van der Waals surface area contributed by atoms with Gasteiger partial charge in [-0.05, 0) is 31.5 Å². The van der Waals surface area contributed by atoms with Gasteiger partial charge in [-0.2, -0.15) is 0 Å². The van der Waals surface area contributed by atoms with Gasteiger partial charge < -0.3 is 10.2 Å². The molecular formula is C19H19N3O4. The molecule has 1 aliphatic heterocycles. The third-order valence-electron chi connectivity index (χ3n) is 4.66. The largest absolute Gasteiger partial charge is 0.325 e. The van der Waals surface area contributed by atoms with Crippen LogP contribution in [0.1, 0.15) is 17.5 Å². The van der Waals surface area contributed by atoms with Crippen molar-refractivity contribution >= 4 is 28.9 Å². The summed E-state index contributed by atoms with van der Waals surface area (Å²) in [5.74, 6) is -0.908. The minimum atomic E-state index is -0.499. The summed E-state index contributed by atoms with van der Waals surface area (Å²) in [6.45, 7) is 3.80. The van der Waals surface area contributed by atoms with Crippen molar-refractivity contribution in [1.29, 1.82) is 0 Å². The van der Waals surface area contributed by atoms with Crippen molar-refractivity contribution < 1.29 is 14.5 Å². The summed E-state index contributed by atoms with van der Waals surface area (Å²) >= 11 is 0. The van der Waals surface area contributed by atoms with E-state index in [4.69, 9.17) is 0 Å². The zero-order valence-electron chi connectivity index (χ0n) is 14.6. The lowest BCUT2D eigenvalue weighted by Crippen LogP contribution is -2.28. The fourth-order valence-corrected chi connectivity index (χ4v) is 3.17. The Labute approximate surface area is 150 Å². The number of nitro benzene ring substituents is 1. The molecule has 0 radical (unpaired) electrons. The maximum Gasteiger partial charge on any atom is 0.274 e. The fraction of sp³-hybridized carbons (Fsp3) is 0.263. The molecule has 2 amide bonds. The smallest absolute Gasteiger partial charge is 0.274 e. The molecule has 26 heavy (non-hydrogen) atoms. The van der Waals surface area contributed by atoms with Crippen LogP contribution in [0.2, 0.25) is 0 Å². The quantitative estimate of drug-likeness (QED) is 0.675. The normalized spacial score (nSPS) is 16.6. The second kappa shape index (κ2) is 6.95. The number of benzene rings is 2. The SMILES string of the molecule is Cc1ccccc1N1C[C@@H](C(=O)Nc2cccc([N+](=O)[O-])c2C)CC1=O. The summed E-state index contributed by atoms with van der Waals surface area (Å²) in [5, 5.41) is 13.8. The summed E-state index contributed by atoms with van der Waals surface area (Å²) in [5.41, 5.74) is 2.51. The van der Waals surface area contributed by atoms with Gasteiger partial charge in [-0.3, -0.25) is 19.7 Å². The first kappa shape index (κ1) is 17.6. The molecule has 1 heterocycles. The van der Waals surface area contributed by atoms with Gasteiger partial charge in [-0.1, -0.05) is 24.3 Å². The Bertz CT molecular complexity index is 894. The first-order valence-corrected chi connectivity index (χ1v) is 8.29. The predicted octanol–water partition coefficient (Wildman–Crippen LogP) is 3.20. The Morgan fingerprint density at radius 2 is 1.92 bits per heavy atom. The highest BCUT2D eigenvalue weighted by molar-refractivity contribution is 6.04. The Kier molecular flexibility index (Phi) is 4.71. The van der Waals surface area contributed by atoms with E-state index in [1.807, 2.05) is 31.2 Å². The average Bonchev–Trinajstić information content (AvgIpc) is 2.98. The third-order valence-corrected chi connectivity index (χ3v) is 4.66. The maximum absolute atomic E-state index is 12.6. The van der Waals surface area contributed by atoms with Crippen molar-refractivity contribution in [3.8, 4) is 0 Å². The molecule has 0 saturated carbocycles. The fourth-order valence-electron chi connectivity index (χ4n) is 3.17. The van der Waals surface area contributed by atoms with E-state index >= 15 is 0 Å². The first-order valence-electron chi connectivity index (χ1n) is 8.29. The number of amides is 2. The summed E-state index contributed by atoms with van der Waals surface area (Å²) in [7, 11) is 0. The van der Waals surface area contributed by atoms with Gasteiger partial charge in [0.25, 0.3) is 5.69 Å². The Hall–Kier alpha value is -3.22. The van der Waals surface area contributed by atoms with Crippen molar-refractivity contribution in [3.63, 3.8) is 0 Å². The van der Waals surface area contributed by atoms with Gasteiger partial charge in [-0.15, -0.1) is 0 Å². The lowest BCUT2D eigenvalue weighted by Gasteiger charge is -2.19. The van der Waals surface area contributed by atoms with E-state index in [2.05, 4.69) is 5.32 Å². The summed E-state index contributed by atoms with van der Waals surface area (Å²) in [6, 6.07) is 12.1. The summed E-state index contributed by atoms with van der Waals surface area (Å²) in [6.07, 6.45) is 0.119. The molecule has 1 saturated heterocycles. The molecule has 1 atom stereocenters. The highest BCUT2D eigenvalue weighted by Gasteiger charge is 2.35. The van der Waals surface area contributed by atoms with Gasteiger partial charge in [0.05, 0.1) is 22.1 Å². The van der Waals surface area contributed by atoms with E-state index in [-0.39, 0.29) is 23.9 Å². The van der Waals surface area contributed by atoms with Crippen LogP contribution >= 0.6 is 0 Å². The van der Waals surface area contributed by atoms with Crippen molar-refractivity contribution in [2.24, 2.45) is 5.92 Å². The number of rotatable bonds is 4. The van der Waals surface area contributed by atoms with Gasteiger partial charge in [0, 0.05) is 24.7 Å². The van der Waals surface area contributed by atoms with Crippen molar-refractivity contribution in [2.45, 2.75) is 20.3 Å². The average molecular weight is 353 g/mol. The van der Waals surface area contributed by atoms with Crippen LogP contribution in [0.15, 0.2) is 42.5 Å². The van der Waals surface area contributed by atoms with Crippen LogP contribution in [0.3, 0.4) is 0 Å². The number of hydrogen-bond donors (Lipinski definition) is 1. The second-order valence-electron chi connectivity index (χ2n) is 6.39. The molecule has 0 aliphatic carbocycles. The van der Waals surface area contributed by atoms with Crippen molar-refractivity contribution in [3.05, 3.63) is 63.7 Å². The molecule has 7 heteroatoms. The Morgan fingerprint density at radius 1 is 1.19 bits per heavy atom. The molecule has 3 rings (SSSR count). The minimum absolute atomic E-state index is 0.0492. The van der Waals surface area contributed by atoms with E-state index in [1.165, 1.54) is 12.1 Å². The number of carbonyl (C=O) groups is 2. The van der Waals surface area contributed by atoms with Crippen LogP contribution in [0.5, 0.6) is 0 Å². The van der Waals surface area contributed by atoms with E-state index in [9.17, 15) is 19.7 Å². The molecule has 0 unspecified atom stereocenters. The summed E-state index contributed by atoms with van der Waals surface area (Å²) in [4.78, 5) is 37.1. The van der Waals surface area contributed by atoms with Crippen LogP contribution in [-0.4, -0.2) is 23.3 Å². The van der Waals surface area contributed by atoms with Gasteiger partial charge in [0.1, 0.15) is 0 Å². The van der Waals surface area contributed by atoms with Gasteiger partial charge in [0.15, 0.2) is 0 Å². The number of aryl methyl sites for hydroxylation is 1. The molecule has 134 valence electrons. The van der Waals surface area contributed by atoms with E-state index < -0.39 is 10.8 Å². The van der Waals surface area contributed by atoms with E-state index in [1.54, 1.807) is 17.9 Å². The zero-order valence-corrected chi connectivity index (χ0v) is 14.6. The number of nitrogens with one attached hydrogen (secondary N) is 1. The topological polar surface area (TPSA) is 92.6 Å². The maximum atomic E-state index is 12.6. The molecule has 2 aromatic carbocycles. The number of anilines is 2. The van der Waals surface area contributed by atoms with E-state index in [0.717, 1.165) is 11.3 Å². The minimum Gasteiger partial charge on any atom is -0.325 e. The monoisotopic (exact) mass is 353 g/mol. The van der Waals surface area contributed by atoms with Crippen molar-refractivity contribution in [2.75, 3.05) is 16.8 Å². The Morgan fingerprint density at radius 3 is 2.62 bits per heavy atom. The van der Waals surface area contributed by atoms with Gasteiger partial charge in [-0.25, -0.2) is 0 Å². The standard InChI is InChI=1S/C19H19N3O4/c1-12-6-3-4-8-16(12)21-11-14(10-18(21)23)19(24)20-15-7-5-9-17(13(15)2)22(25)26/h3-9,14H,10-11H2,1-2H3,(H,20,24)/t14-/m0/s1. The number of carbonyl (C=O) groups excluding carboxylic acids is 2. The molecule has 7 nitrogen and oxygen atoms in total.